The molecule has 1 saturated carbocycles. The zero-order valence-corrected chi connectivity index (χ0v) is 10.7. The fourth-order valence-electron chi connectivity index (χ4n) is 3.41. The fourth-order valence-corrected chi connectivity index (χ4v) is 3.41. The number of hydrogen-bond donors (Lipinski definition) is 1. The highest BCUT2D eigenvalue weighted by Gasteiger charge is 2.63. The van der Waals surface area contributed by atoms with Gasteiger partial charge in [-0.1, -0.05) is 18.7 Å². The first-order chi connectivity index (χ1) is 9.54. The molecule has 1 aromatic carbocycles. The Morgan fingerprint density at radius 1 is 1.10 bits per heavy atom. The molecule has 1 N–H and O–H groups in total. The van der Waals surface area contributed by atoms with Crippen molar-refractivity contribution in [3.05, 3.63) is 47.7 Å². The van der Waals surface area contributed by atoms with Crippen LogP contribution in [0.2, 0.25) is 0 Å². The monoisotopic (exact) mass is 268 g/mol. The van der Waals surface area contributed by atoms with Crippen LogP contribution in [0.25, 0.3) is 0 Å². The lowest BCUT2D eigenvalue weighted by molar-refractivity contribution is -0.142. The van der Waals surface area contributed by atoms with Crippen molar-refractivity contribution in [1.82, 2.24) is 10.2 Å². The summed E-state index contributed by atoms with van der Waals surface area (Å²) in [4.78, 5) is 38.4. The zero-order chi connectivity index (χ0) is 14.1. The largest absolute Gasteiger partial charge is 0.328 e. The van der Waals surface area contributed by atoms with Crippen molar-refractivity contribution in [2.45, 2.75) is 18.4 Å². The lowest BCUT2D eigenvalue weighted by Gasteiger charge is -2.54. The molecular weight excluding hydrogens is 256 g/mol. The lowest BCUT2D eigenvalue weighted by atomic mass is 9.62. The first-order valence-corrected chi connectivity index (χ1v) is 6.53. The van der Waals surface area contributed by atoms with Gasteiger partial charge in [-0.2, -0.15) is 0 Å². The van der Waals surface area contributed by atoms with Crippen LogP contribution < -0.4 is 5.32 Å². The lowest BCUT2D eigenvalue weighted by Crippen LogP contribution is -2.71. The zero-order valence-electron chi connectivity index (χ0n) is 10.7. The van der Waals surface area contributed by atoms with Gasteiger partial charge in [0.25, 0.3) is 17.7 Å². The van der Waals surface area contributed by atoms with Gasteiger partial charge >= 0.3 is 0 Å². The maximum atomic E-state index is 12.5. The molecule has 1 aromatic rings. The summed E-state index contributed by atoms with van der Waals surface area (Å²) in [6.45, 7) is 3.80. The number of nitrogens with one attached hydrogen (secondary N) is 1. The van der Waals surface area contributed by atoms with Crippen molar-refractivity contribution in [3.63, 3.8) is 0 Å². The Morgan fingerprint density at radius 2 is 1.65 bits per heavy atom. The number of carbonyl (C=O) groups is 3. The van der Waals surface area contributed by atoms with E-state index < -0.39 is 5.54 Å². The van der Waals surface area contributed by atoms with Gasteiger partial charge in [0.05, 0.1) is 11.1 Å². The van der Waals surface area contributed by atoms with E-state index in [-0.39, 0.29) is 23.6 Å². The molecule has 4 aliphatic rings. The van der Waals surface area contributed by atoms with E-state index in [9.17, 15) is 14.4 Å². The Balaban J connectivity index is 1.79. The van der Waals surface area contributed by atoms with Gasteiger partial charge < -0.3 is 5.32 Å². The summed E-state index contributed by atoms with van der Waals surface area (Å²) in [6.07, 6.45) is 0.978. The fraction of sp³-hybridized carbons (Fsp3) is 0.267. The quantitative estimate of drug-likeness (QED) is 0.775. The highest BCUT2D eigenvalue weighted by Crippen LogP contribution is 2.51. The summed E-state index contributed by atoms with van der Waals surface area (Å²) in [5.74, 6) is -0.866. The third kappa shape index (κ3) is 1.11. The van der Waals surface area contributed by atoms with Crippen molar-refractivity contribution in [2.75, 3.05) is 0 Å². The first-order valence-electron chi connectivity index (χ1n) is 6.53. The molecule has 3 aliphatic heterocycles. The summed E-state index contributed by atoms with van der Waals surface area (Å²) in [6, 6.07) is 6.69. The molecule has 0 aromatic heterocycles. The summed E-state index contributed by atoms with van der Waals surface area (Å²) in [7, 11) is 0. The SMILES string of the molecule is C=C1NC(=O)C2(N3C(=O)c4ccccc4C3=O)CC1C2. The Kier molecular flexibility index (Phi) is 1.92. The number of rotatable bonds is 1. The van der Waals surface area contributed by atoms with Gasteiger partial charge in [-0.3, -0.25) is 19.3 Å². The highest BCUT2D eigenvalue weighted by atomic mass is 16.2. The van der Waals surface area contributed by atoms with E-state index >= 15 is 0 Å². The molecule has 5 nitrogen and oxygen atoms in total. The van der Waals surface area contributed by atoms with Crippen molar-refractivity contribution >= 4 is 17.7 Å². The highest BCUT2D eigenvalue weighted by molar-refractivity contribution is 6.23. The molecule has 5 rings (SSSR count). The van der Waals surface area contributed by atoms with Crippen molar-refractivity contribution in [1.29, 1.82) is 0 Å². The average Bonchev–Trinajstić information content (AvgIpc) is 2.63. The topological polar surface area (TPSA) is 66.5 Å². The molecule has 3 amide bonds. The number of fused-ring (bicyclic) bond motifs is 3. The van der Waals surface area contributed by atoms with Crippen LogP contribution in [0, 0.1) is 5.92 Å². The van der Waals surface area contributed by atoms with E-state index in [2.05, 4.69) is 11.9 Å². The number of hydrogen-bond acceptors (Lipinski definition) is 3. The number of imide groups is 1. The van der Waals surface area contributed by atoms with Gasteiger partial charge in [-0.25, -0.2) is 0 Å². The smallest absolute Gasteiger partial charge is 0.262 e. The molecule has 5 heteroatoms. The number of amides is 3. The number of carbonyl (C=O) groups excluding carboxylic acids is 3. The van der Waals surface area contributed by atoms with Gasteiger partial charge in [0.2, 0.25) is 0 Å². The number of benzene rings is 1. The summed E-state index contributed by atoms with van der Waals surface area (Å²) < 4.78 is 0. The van der Waals surface area contributed by atoms with E-state index in [1.54, 1.807) is 24.3 Å². The van der Waals surface area contributed by atoms with E-state index in [4.69, 9.17) is 0 Å². The number of allylic oxidation sites excluding steroid dienone is 1. The molecule has 20 heavy (non-hydrogen) atoms. The normalized spacial score (nSPS) is 31.0. The molecule has 0 atom stereocenters. The molecule has 0 spiro atoms. The minimum atomic E-state index is -1.01. The second kappa shape index (κ2) is 3.36. The van der Waals surface area contributed by atoms with Crippen LogP contribution >= 0.6 is 0 Å². The molecule has 3 heterocycles. The van der Waals surface area contributed by atoms with Crippen LogP contribution in [0.3, 0.4) is 0 Å². The molecular formula is C15H12N2O3. The van der Waals surface area contributed by atoms with Gasteiger partial charge in [-0.05, 0) is 25.0 Å². The third-order valence-electron chi connectivity index (χ3n) is 4.58. The van der Waals surface area contributed by atoms with Crippen LogP contribution in [-0.4, -0.2) is 28.2 Å². The van der Waals surface area contributed by atoms with Crippen LogP contribution in [-0.2, 0) is 4.79 Å². The van der Waals surface area contributed by atoms with E-state index in [1.807, 2.05) is 0 Å². The molecule has 2 saturated heterocycles. The molecule has 3 fully saturated rings. The number of nitrogens with zero attached hydrogens (tertiary/aromatic N) is 1. The molecule has 2 bridgehead atoms. The Morgan fingerprint density at radius 3 is 2.15 bits per heavy atom. The number of piperidine rings is 2. The van der Waals surface area contributed by atoms with Crippen LogP contribution in [0.5, 0.6) is 0 Å². The minimum absolute atomic E-state index is 0.164. The summed E-state index contributed by atoms with van der Waals surface area (Å²) in [5, 5.41) is 2.68. The predicted molar refractivity (Wildman–Crippen MR) is 69.7 cm³/mol. The Hall–Kier alpha value is -2.43. The van der Waals surface area contributed by atoms with Crippen LogP contribution in [0.1, 0.15) is 33.6 Å². The Labute approximate surface area is 115 Å². The molecule has 100 valence electrons. The van der Waals surface area contributed by atoms with Gasteiger partial charge in [0.15, 0.2) is 0 Å². The molecule has 1 aliphatic carbocycles. The minimum Gasteiger partial charge on any atom is -0.328 e. The van der Waals surface area contributed by atoms with Crippen molar-refractivity contribution in [3.8, 4) is 0 Å². The van der Waals surface area contributed by atoms with Crippen molar-refractivity contribution < 1.29 is 14.4 Å². The summed E-state index contributed by atoms with van der Waals surface area (Å²) in [5.41, 5.74) is 0.438. The molecule has 0 radical (unpaired) electrons. The van der Waals surface area contributed by atoms with Gasteiger partial charge in [-0.15, -0.1) is 0 Å². The standard InChI is InChI=1S/C15H12N2O3/c1-8-9-6-15(7-9,14(20)16-8)17-12(18)10-4-2-3-5-11(10)13(17)19/h2-5,9H,1,6-7H2,(H,16,20). The second-order valence-electron chi connectivity index (χ2n) is 5.61. The third-order valence-corrected chi connectivity index (χ3v) is 4.58. The van der Waals surface area contributed by atoms with Gasteiger partial charge in [0, 0.05) is 11.6 Å². The second-order valence-corrected chi connectivity index (χ2v) is 5.61. The van der Waals surface area contributed by atoms with Crippen molar-refractivity contribution in [2.24, 2.45) is 5.92 Å². The van der Waals surface area contributed by atoms with E-state index in [0.29, 0.717) is 29.7 Å². The molecule has 0 unspecified atom stereocenters. The van der Waals surface area contributed by atoms with Crippen LogP contribution in [0.15, 0.2) is 36.5 Å². The van der Waals surface area contributed by atoms with Crippen LogP contribution in [0.4, 0.5) is 0 Å². The maximum absolute atomic E-state index is 12.5. The maximum Gasteiger partial charge on any atom is 0.262 e. The van der Waals surface area contributed by atoms with E-state index in [1.165, 1.54) is 0 Å². The van der Waals surface area contributed by atoms with Gasteiger partial charge in [0.1, 0.15) is 5.54 Å². The average molecular weight is 268 g/mol. The van der Waals surface area contributed by atoms with E-state index in [0.717, 1.165) is 4.90 Å². The Bertz CT molecular complexity index is 666. The predicted octanol–water partition coefficient (Wildman–Crippen LogP) is 1.07. The first kappa shape index (κ1) is 11.4. The summed E-state index contributed by atoms with van der Waals surface area (Å²) >= 11 is 0.